The lowest BCUT2D eigenvalue weighted by molar-refractivity contribution is 0.167. The number of methoxy groups -OCH3 is 1. The number of benzene rings is 1. The summed E-state index contributed by atoms with van der Waals surface area (Å²) in [6.07, 6.45) is 1.29. The van der Waals surface area contributed by atoms with Crippen LogP contribution in [-0.4, -0.2) is 42.5 Å². The summed E-state index contributed by atoms with van der Waals surface area (Å²) in [7, 11) is 1.70. The SMILES string of the molecule is COCCCSCC(O)C(N)Cc1ccccc1. The van der Waals surface area contributed by atoms with Gasteiger partial charge in [0.1, 0.15) is 0 Å². The van der Waals surface area contributed by atoms with Crippen LogP contribution in [-0.2, 0) is 11.2 Å². The van der Waals surface area contributed by atoms with Crippen molar-refractivity contribution in [1.29, 1.82) is 0 Å². The molecule has 0 heterocycles. The molecule has 1 rings (SSSR count). The first-order valence-corrected chi connectivity index (χ1v) is 7.43. The molecule has 102 valence electrons. The molecule has 0 aliphatic rings. The van der Waals surface area contributed by atoms with Crippen LogP contribution in [0.1, 0.15) is 12.0 Å². The van der Waals surface area contributed by atoms with E-state index in [1.807, 2.05) is 30.3 Å². The number of rotatable bonds is 9. The Labute approximate surface area is 114 Å². The van der Waals surface area contributed by atoms with Crippen LogP contribution < -0.4 is 5.73 Å². The maximum atomic E-state index is 9.96. The standard InChI is InChI=1S/C14H23NO2S/c1-17-8-5-9-18-11-14(16)13(15)10-12-6-3-2-4-7-12/h2-4,6-7,13-14,16H,5,8-11,15H2,1H3. The van der Waals surface area contributed by atoms with Gasteiger partial charge in [0.15, 0.2) is 0 Å². The zero-order valence-corrected chi connectivity index (χ0v) is 11.7. The highest BCUT2D eigenvalue weighted by atomic mass is 32.2. The Morgan fingerprint density at radius 1 is 1.33 bits per heavy atom. The summed E-state index contributed by atoms with van der Waals surface area (Å²) in [5.41, 5.74) is 7.18. The van der Waals surface area contributed by atoms with Gasteiger partial charge < -0.3 is 15.6 Å². The lowest BCUT2D eigenvalue weighted by Gasteiger charge is -2.18. The van der Waals surface area contributed by atoms with Crippen molar-refractivity contribution in [2.24, 2.45) is 5.73 Å². The second kappa shape index (κ2) is 9.39. The Bertz CT molecular complexity index is 308. The number of aliphatic hydroxyl groups is 1. The van der Waals surface area contributed by atoms with Gasteiger partial charge in [-0.3, -0.25) is 0 Å². The summed E-state index contributed by atoms with van der Waals surface area (Å²) >= 11 is 1.73. The third kappa shape index (κ3) is 6.40. The van der Waals surface area contributed by atoms with E-state index in [4.69, 9.17) is 10.5 Å². The third-order valence-electron chi connectivity index (χ3n) is 2.73. The zero-order chi connectivity index (χ0) is 13.2. The molecule has 3 nitrogen and oxygen atoms in total. The van der Waals surface area contributed by atoms with Gasteiger partial charge >= 0.3 is 0 Å². The molecule has 0 radical (unpaired) electrons. The van der Waals surface area contributed by atoms with Crippen molar-refractivity contribution in [3.05, 3.63) is 35.9 Å². The van der Waals surface area contributed by atoms with Gasteiger partial charge in [-0.15, -0.1) is 0 Å². The molecule has 0 fully saturated rings. The van der Waals surface area contributed by atoms with Crippen molar-refractivity contribution in [3.63, 3.8) is 0 Å². The van der Waals surface area contributed by atoms with E-state index >= 15 is 0 Å². The first-order chi connectivity index (χ1) is 8.74. The molecule has 0 aliphatic carbocycles. The summed E-state index contributed by atoms with van der Waals surface area (Å²) in [4.78, 5) is 0. The Balaban J connectivity index is 2.18. The van der Waals surface area contributed by atoms with Gasteiger partial charge in [0.05, 0.1) is 6.10 Å². The molecule has 0 aromatic heterocycles. The van der Waals surface area contributed by atoms with Gasteiger partial charge in [-0.25, -0.2) is 0 Å². The van der Waals surface area contributed by atoms with E-state index in [0.717, 1.165) is 25.2 Å². The van der Waals surface area contributed by atoms with Crippen LogP contribution in [0, 0.1) is 0 Å². The monoisotopic (exact) mass is 269 g/mol. The minimum absolute atomic E-state index is 0.192. The van der Waals surface area contributed by atoms with Crippen molar-refractivity contribution in [3.8, 4) is 0 Å². The van der Waals surface area contributed by atoms with E-state index in [9.17, 15) is 5.11 Å². The van der Waals surface area contributed by atoms with Gasteiger partial charge in [0, 0.05) is 25.5 Å². The molecular formula is C14H23NO2S. The molecule has 0 saturated heterocycles. The molecule has 3 N–H and O–H groups in total. The van der Waals surface area contributed by atoms with Gasteiger partial charge in [-0.2, -0.15) is 11.8 Å². The zero-order valence-electron chi connectivity index (χ0n) is 10.9. The van der Waals surface area contributed by atoms with Crippen LogP contribution in [0.5, 0.6) is 0 Å². The van der Waals surface area contributed by atoms with Crippen LogP contribution in [0.3, 0.4) is 0 Å². The van der Waals surface area contributed by atoms with E-state index < -0.39 is 6.10 Å². The van der Waals surface area contributed by atoms with E-state index in [0.29, 0.717) is 5.75 Å². The number of nitrogens with two attached hydrogens (primary N) is 1. The van der Waals surface area contributed by atoms with Crippen LogP contribution in [0.15, 0.2) is 30.3 Å². The van der Waals surface area contributed by atoms with E-state index in [1.54, 1.807) is 18.9 Å². The molecule has 0 saturated carbocycles. The van der Waals surface area contributed by atoms with Crippen molar-refractivity contribution >= 4 is 11.8 Å². The van der Waals surface area contributed by atoms with E-state index in [-0.39, 0.29) is 6.04 Å². The van der Waals surface area contributed by atoms with Gasteiger partial charge in [-0.05, 0) is 24.2 Å². The highest BCUT2D eigenvalue weighted by Gasteiger charge is 2.14. The minimum atomic E-state index is -0.447. The number of ether oxygens (including phenoxy) is 1. The molecule has 0 amide bonds. The number of thioether (sulfide) groups is 1. The van der Waals surface area contributed by atoms with E-state index in [2.05, 4.69) is 0 Å². The maximum absolute atomic E-state index is 9.96. The molecule has 18 heavy (non-hydrogen) atoms. The Hall–Kier alpha value is -0.550. The maximum Gasteiger partial charge on any atom is 0.0784 e. The Kier molecular flexibility index (Phi) is 8.09. The van der Waals surface area contributed by atoms with Crippen LogP contribution in [0.2, 0.25) is 0 Å². The van der Waals surface area contributed by atoms with Crippen LogP contribution in [0.25, 0.3) is 0 Å². The molecule has 4 heteroatoms. The topological polar surface area (TPSA) is 55.5 Å². The molecule has 0 aliphatic heterocycles. The molecule has 1 aromatic rings. The van der Waals surface area contributed by atoms with Crippen molar-refractivity contribution in [2.75, 3.05) is 25.2 Å². The summed E-state index contributed by atoms with van der Waals surface area (Å²) in [6.45, 7) is 0.777. The molecule has 0 spiro atoms. The predicted molar refractivity (Wildman–Crippen MR) is 77.9 cm³/mol. The predicted octanol–water partition coefficient (Wildman–Crippen LogP) is 1.69. The van der Waals surface area contributed by atoms with Crippen molar-refractivity contribution in [2.45, 2.75) is 25.0 Å². The first kappa shape index (κ1) is 15.5. The highest BCUT2D eigenvalue weighted by molar-refractivity contribution is 7.99. The Morgan fingerprint density at radius 3 is 2.72 bits per heavy atom. The molecule has 0 bridgehead atoms. The van der Waals surface area contributed by atoms with Crippen molar-refractivity contribution < 1.29 is 9.84 Å². The largest absolute Gasteiger partial charge is 0.391 e. The summed E-state index contributed by atoms with van der Waals surface area (Å²) in [5, 5.41) is 9.96. The second-order valence-electron chi connectivity index (χ2n) is 4.34. The molecular weight excluding hydrogens is 246 g/mol. The fourth-order valence-corrected chi connectivity index (χ4v) is 2.63. The fraction of sp³-hybridized carbons (Fsp3) is 0.571. The van der Waals surface area contributed by atoms with Crippen LogP contribution in [0.4, 0.5) is 0 Å². The summed E-state index contributed by atoms with van der Waals surface area (Å²) < 4.78 is 4.97. The number of aliphatic hydroxyl groups excluding tert-OH is 1. The average molecular weight is 269 g/mol. The van der Waals surface area contributed by atoms with Crippen molar-refractivity contribution in [1.82, 2.24) is 0 Å². The first-order valence-electron chi connectivity index (χ1n) is 6.28. The quantitative estimate of drug-likeness (QED) is 0.670. The van der Waals surface area contributed by atoms with E-state index in [1.165, 1.54) is 5.56 Å². The highest BCUT2D eigenvalue weighted by Crippen LogP contribution is 2.10. The second-order valence-corrected chi connectivity index (χ2v) is 5.49. The lowest BCUT2D eigenvalue weighted by atomic mass is 10.0. The van der Waals surface area contributed by atoms with Crippen LogP contribution >= 0.6 is 11.8 Å². The summed E-state index contributed by atoms with van der Waals surface area (Å²) in [5.74, 6) is 1.70. The molecule has 1 aromatic carbocycles. The van der Waals surface area contributed by atoms with Gasteiger partial charge in [-0.1, -0.05) is 30.3 Å². The number of hydrogen-bond donors (Lipinski definition) is 2. The Morgan fingerprint density at radius 2 is 2.06 bits per heavy atom. The number of hydrogen-bond acceptors (Lipinski definition) is 4. The summed E-state index contributed by atoms with van der Waals surface area (Å²) in [6, 6.07) is 9.86. The lowest BCUT2D eigenvalue weighted by Crippen LogP contribution is -2.38. The normalized spacial score (nSPS) is 14.4. The fourth-order valence-electron chi connectivity index (χ4n) is 1.66. The van der Waals surface area contributed by atoms with Gasteiger partial charge in [0.2, 0.25) is 0 Å². The third-order valence-corrected chi connectivity index (χ3v) is 3.89. The smallest absolute Gasteiger partial charge is 0.0784 e. The van der Waals surface area contributed by atoms with Gasteiger partial charge in [0.25, 0.3) is 0 Å². The average Bonchev–Trinajstić information content (AvgIpc) is 2.39. The molecule has 2 unspecified atom stereocenters. The minimum Gasteiger partial charge on any atom is -0.391 e. The molecule has 2 atom stereocenters.